The summed E-state index contributed by atoms with van der Waals surface area (Å²) in [6.07, 6.45) is 1.54. The van der Waals surface area contributed by atoms with Crippen molar-refractivity contribution in [3.63, 3.8) is 0 Å². The van der Waals surface area contributed by atoms with E-state index in [1.54, 1.807) is 14.0 Å². The zero-order valence-corrected chi connectivity index (χ0v) is 12.2. The van der Waals surface area contributed by atoms with Gasteiger partial charge in [0.1, 0.15) is 0 Å². The highest BCUT2D eigenvalue weighted by Gasteiger charge is 2.30. The molecule has 0 saturated heterocycles. The Morgan fingerprint density at radius 3 is 2.39 bits per heavy atom. The van der Waals surface area contributed by atoms with Crippen LogP contribution in [-0.2, 0) is 16.6 Å². The number of hydrogen-bond acceptors (Lipinski definition) is 4. The molecule has 3 N–H and O–H groups in total. The van der Waals surface area contributed by atoms with Crippen LogP contribution in [0.2, 0.25) is 0 Å². The molecule has 1 aromatic heterocycles. The lowest BCUT2D eigenvalue weighted by atomic mass is 10.2. The molecular weight excluding hydrogens is 252 g/mol. The number of aryl methyl sites for hydroxylation is 1. The van der Waals surface area contributed by atoms with Gasteiger partial charge in [-0.2, -0.15) is 9.40 Å². The summed E-state index contributed by atoms with van der Waals surface area (Å²) < 4.78 is 26.3. The number of nitrogens with zero attached hydrogens (tertiary/aromatic N) is 2. The van der Waals surface area contributed by atoms with E-state index in [-0.39, 0.29) is 17.6 Å². The van der Waals surface area contributed by atoms with Gasteiger partial charge < -0.3 is 5.73 Å². The first kappa shape index (κ1) is 15.1. The maximum atomic E-state index is 12.5. The van der Waals surface area contributed by atoms with Crippen molar-refractivity contribution in [1.82, 2.24) is 14.5 Å². The van der Waals surface area contributed by atoms with Crippen LogP contribution in [0.5, 0.6) is 0 Å². The first-order valence-corrected chi connectivity index (χ1v) is 7.56. The molecule has 1 rings (SSSR count). The van der Waals surface area contributed by atoms with E-state index >= 15 is 0 Å². The van der Waals surface area contributed by atoms with Gasteiger partial charge in [0.25, 0.3) is 10.0 Å². The summed E-state index contributed by atoms with van der Waals surface area (Å²) in [6, 6.07) is -0.0161. The average molecular weight is 274 g/mol. The number of H-pyrrole nitrogens is 1. The Labute approximate surface area is 109 Å². The van der Waals surface area contributed by atoms with Gasteiger partial charge in [0.15, 0.2) is 5.03 Å². The second-order valence-corrected chi connectivity index (χ2v) is 6.24. The quantitative estimate of drug-likeness (QED) is 0.809. The summed E-state index contributed by atoms with van der Waals surface area (Å²) in [6.45, 7) is 5.87. The molecule has 0 radical (unpaired) electrons. The molecule has 0 aliphatic rings. The molecule has 0 spiro atoms. The maximum absolute atomic E-state index is 12.5. The van der Waals surface area contributed by atoms with Crippen molar-refractivity contribution >= 4 is 10.0 Å². The summed E-state index contributed by atoms with van der Waals surface area (Å²) in [5, 5.41) is 6.64. The summed E-state index contributed by atoms with van der Waals surface area (Å²) in [5.74, 6) is 0. The Bertz CT molecular complexity index is 491. The first-order chi connectivity index (χ1) is 8.39. The highest BCUT2D eigenvalue weighted by Crippen LogP contribution is 2.22. The molecule has 0 aromatic carbocycles. The third-order valence-corrected chi connectivity index (χ3v) is 5.20. The predicted molar refractivity (Wildman–Crippen MR) is 70.5 cm³/mol. The van der Waals surface area contributed by atoms with Crippen LogP contribution in [0.15, 0.2) is 5.03 Å². The lowest BCUT2D eigenvalue weighted by Gasteiger charge is -2.24. The minimum Gasteiger partial charge on any atom is -0.326 e. The molecule has 0 unspecified atom stereocenters. The fourth-order valence-corrected chi connectivity index (χ4v) is 3.69. The van der Waals surface area contributed by atoms with E-state index in [4.69, 9.17) is 5.73 Å². The molecule has 1 heterocycles. The molecule has 1 aromatic rings. The van der Waals surface area contributed by atoms with E-state index in [1.807, 2.05) is 13.8 Å². The van der Waals surface area contributed by atoms with Crippen LogP contribution in [0.1, 0.15) is 37.9 Å². The van der Waals surface area contributed by atoms with E-state index in [9.17, 15) is 8.42 Å². The SMILES string of the molecule is CCC(CC)N(C)S(=O)(=O)c1n[nH]c(C)c1CN. The van der Waals surface area contributed by atoms with Crippen LogP contribution in [0.4, 0.5) is 0 Å². The third-order valence-electron chi connectivity index (χ3n) is 3.32. The van der Waals surface area contributed by atoms with Gasteiger partial charge >= 0.3 is 0 Å². The lowest BCUT2D eigenvalue weighted by molar-refractivity contribution is 0.348. The van der Waals surface area contributed by atoms with Crippen molar-refractivity contribution < 1.29 is 8.42 Å². The number of nitrogens with two attached hydrogens (primary N) is 1. The van der Waals surface area contributed by atoms with Crippen molar-refractivity contribution in [2.75, 3.05) is 7.05 Å². The molecule has 18 heavy (non-hydrogen) atoms. The Hall–Kier alpha value is -0.920. The zero-order valence-electron chi connectivity index (χ0n) is 11.4. The molecule has 0 bridgehead atoms. The number of rotatable bonds is 6. The number of nitrogens with one attached hydrogen (secondary N) is 1. The van der Waals surface area contributed by atoms with Crippen LogP contribution >= 0.6 is 0 Å². The Balaban J connectivity index is 3.21. The van der Waals surface area contributed by atoms with E-state index in [1.165, 1.54) is 4.31 Å². The third kappa shape index (κ3) is 2.57. The molecule has 0 amide bonds. The monoisotopic (exact) mass is 274 g/mol. The molecular formula is C11H22N4O2S. The topological polar surface area (TPSA) is 92.1 Å². The number of aromatic amines is 1. The smallest absolute Gasteiger partial charge is 0.262 e. The van der Waals surface area contributed by atoms with Crippen molar-refractivity contribution in [2.24, 2.45) is 5.73 Å². The van der Waals surface area contributed by atoms with Crippen LogP contribution in [-0.4, -0.2) is 36.0 Å². The highest BCUT2D eigenvalue weighted by molar-refractivity contribution is 7.89. The number of hydrogen-bond donors (Lipinski definition) is 2. The van der Waals surface area contributed by atoms with Crippen LogP contribution in [0.25, 0.3) is 0 Å². The van der Waals surface area contributed by atoms with E-state index in [2.05, 4.69) is 10.2 Å². The fraction of sp³-hybridized carbons (Fsp3) is 0.727. The second-order valence-electron chi connectivity index (χ2n) is 4.33. The molecule has 0 fully saturated rings. The number of sulfonamides is 1. The Morgan fingerprint density at radius 1 is 1.39 bits per heavy atom. The lowest BCUT2D eigenvalue weighted by Crippen LogP contribution is -2.37. The summed E-state index contributed by atoms with van der Waals surface area (Å²) in [7, 11) is -1.98. The van der Waals surface area contributed by atoms with Gasteiger partial charge in [0.05, 0.1) is 0 Å². The summed E-state index contributed by atoms with van der Waals surface area (Å²) in [4.78, 5) is 0. The molecule has 104 valence electrons. The first-order valence-electron chi connectivity index (χ1n) is 6.12. The summed E-state index contributed by atoms with van der Waals surface area (Å²) in [5.41, 5.74) is 6.86. The molecule has 0 aliphatic carbocycles. The molecule has 0 saturated carbocycles. The van der Waals surface area contributed by atoms with Crippen molar-refractivity contribution in [3.8, 4) is 0 Å². The standard InChI is InChI=1S/C11H22N4O2S/c1-5-9(6-2)15(4)18(16,17)11-10(7-12)8(3)13-14-11/h9H,5-7,12H2,1-4H3,(H,13,14). The molecule has 0 aliphatic heterocycles. The number of aromatic nitrogens is 2. The van der Waals surface area contributed by atoms with Gasteiger partial charge in [-0.15, -0.1) is 0 Å². The van der Waals surface area contributed by atoms with Gasteiger partial charge in [-0.1, -0.05) is 13.8 Å². The second kappa shape index (κ2) is 5.81. The van der Waals surface area contributed by atoms with E-state index in [0.717, 1.165) is 12.8 Å². The van der Waals surface area contributed by atoms with Crippen molar-refractivity contribution in [2.45, 2.75) is 51.2 Å². The predicted octanol–water partition coefficient (Wildman–Crippen LogP) is 0.986. The van der Waals surface area contributed by atoms with Crippen molar-refractivity contribution in [3.05, 3.63) is 11.3 Å². The van der Waals surface area contributed by atoms with E-state index < -0.39 is 10.0 Å². The zero-order chi connectivity index (χ0) is 13.9. The fourth-order valence-electron chi connectivity index (χ4n) is 2.02. The maximum Gasteiger partial charge on any atom is 0.262 e. The van der Waals surface area contributed by atoms with Crippen molar-refractivity contribution in [1.29, 1.82) is 0 Å². The minimum absolute atomic E-state index is 0.0161. The highest BCUT2D eigenvalue weighted by atomic mass is 32.2. The van der Waals surface area contributed by atoms with Gasteiger partial charge in [0, 0.05) is 30.9 Å². The van der Waals surface area contributed by atoms with Gasteiger partial charge in [-0.25, -0.2) is 8.42 Å². The van der Waals surface area contributed by atoms with Gasteiger partial charge in [-0.3, -0.25) is 5.10 Å². The Kier molecular flexibility index (Phi) is 4.89. The minimum atomic E-state index is -3.57. The average Bonchev–Trinajstić information content (AvgIpc) is 2.72. The molecule has 0 atom stereocenters. The largest absolute Gasteiger partial charge is 0.326 e. The van der Waals surface area contributed by atoms with Crippen LogP contribution < -0.4 is 5.73 Å². The molecule has 6 nitrogen and oxygen atoms in total. The van der Waals surface area contributed by atoms with Crippen LogP contribution in [0.3, 0.4) is 0 Å². The van der Waals surface area contributed by atoms with Crippen LogP contribution in [0, 0.1) is 6.92 Å². The van der Waals surface area contributed by atoms with Gasteiger partial charge in [0.2, 0.25) is 0 Å². The normalized spacial score (nSPS) is 12.6. The summed E-state index contributed by atoms with van der Waals surface area (Å²) >= 11 is 0. The molecule has 7 heteroatoms. The van der Waals surface area contributed by atoms with E-state index in [0.29, 0.717) is 11.3 Å². The van der Waals surface area contributed by atoms with Gasteiger partial charge in [-0.05, 0) is 19.8 Å². The Morgan fingerprint density at radius 2 is 1.94 bits per heavy atom.